The van der Waals surface area contributed by atoms with Crippen LogP contribution in [-0.2, 0) is 16.0 Å². The summed E-state index contributed by atoms with van der Waals surface area (Å²) < 4.78 is 8.10. The molecule has 2 aliphatic heterocycles. The number of piperidine rings is 1. The molecular formula is C21H30N4O2. The molecule has 0 unspecified atom stereocenters. The van der Waals surface area contributed by atoms with Gasteiger partial charge >= 0.3 is 0 Å². The zero-order valence-corrected chi connectivity index (χ0v) is 16.3. The van der Waals surface area contributed by atoms with Crippen LogP contribution in [0.3, 0.4) is 0 Å². The van der Waals surface area contributed by atoms with Crippen LogP contribution in [0.2, 0.25) is 0 Å². The number of hydrogen-bond acceptors (Lipinski definition) is 4. The van der Waals surface area contributed by atoms with Crippen molar-refractivity contribution in [3.63, 3.8) is 0 Å². The summed E-state index contributed by atoms with van der Waals surface area (Å²) in [5, 5.41) is 0. The zero-order chi connectivity index (χ0) is 18.6. The van der Waals surface area contributed by atoms with Crippen LogP contribution in [0.4, 0.5) is 0 Å². The minimum absolute atomic E-state index is 0.123. The summed E-state index contributed by atoms with van der Waals surface area (Å²) in [6.45, 7) is 7.48. The Kier molecular flexibility index (Phi) is 5.74. The quantitative estimate of drug-likeness (QED) is 0.829. The Labute approximate surface area is 161 Å². The van der Waals surface area contributed by atoms with Gasteiger partial charge in [-0.1, -0.05) is 12.5 Å². The van der Waals surface area contributed by atoms with Crippen LogP contribution in [0.5, 0.6) is 0 Å². The molecule has 4 rings (SSSR count). The van der Waals surface area contributed by atoms with Crippen LogP contribution in [0.15, 0.2) is 24.4 Å². The van der Waals surface area contributed by atoms with Gasteiger partial charge in [0.15, 0.2) is 0 Å². The molecule has 0 radical (unpaired) electrons. The number of rotatable bonds is 4. The maximum Gasteiger partial charge on any atom is 0.228 e. The summed E-state index contributed by atoms with van der Waals surface area (Å²) in [5.74, 6) is 0.179. The lowest BCUT2D eigenvalue weighted by atomic mass is 10.1. The number of nitrogens with zero attached hydrogens (tertiary/aromatic N) is 4. The number of carbonyl (C=O) groups excluding carboxylic acids is 1. The van der Waals surface area contributed by atoms with E-state index in [1.807, 2.05) is 40.6 Å². The van der Waals surface area contributed by atoms with Crippen molar-refractivity contribution in [2.75, 3.05) is 39.3 Å². The lowest BCUT2D eigenvalue weighted by Crippen LogP contribution is -2.44. The summed E-state index contributed by atoms with van der Waals surface area (Å²) in [4.78, 5) is 22.2. The highest BCUT2D eigenvalue weighted by Crippen LogP contribution is 2.16. The van der Waals surface area contributed by atoms with Gasteiger partial charge in [0, 0.05) is 32.4 Å². The van der Waals surface area contributed by atoms with Gasteiger partial charge in [0.05, 0.1) is 23.9 Å². The molecule has 0 saturated carbocycles. The van der Waals surface area contributed by atoms with Crippen LogP contribution >= 0.6 is 0 Å². The first-order valence-corrected chi connectivity index (χ1v) is 10.2. The number of imidazole rings is 1. The van der Waals surface area contributed by atoms with E-state index < -0.39 is 0 Å². The molecule has 27 heavy (non-hydrogen) atoms. The molecule has 1 atom stereocenters. The minimum atomic E-state index is 0.123. The Morgan fingerprint density at radius 1 is 1.19 bits per heavy atom. The molecule has 2 aromatic rings. The SMILES string of the molecule is Cc1nc2ccccn2c1CC(=O)N1CCCO[C@H](CN2CCCCC2)C1. The fourth-order valence-corrected chi connectivity index (χ4v) is 4.29. The average Bonchev–Trinajstić information content (AvgIpc) is 2.84. The highest BCUT2D eigenvalue weighted by atomic mass is 16.5. The molecule has 6 heteroatoms. The zero-order valence-electron chi connectivity index (χ0n) is 16.3. The first kappa shape index (κ1) is 18.4. The van der Waals surface area contributed by atoms with Gasteiger partial charge in [-0.15, -0.1) is 0 Å². The summed E-state index contributed by atoms with van der Waals surface area (Å²) in [6, 6.07) is 5.94. The standard InChI is InChI=1S/C21H30N4O2/c1-17-19(25-12-6-3-8-20(25)22-17)14-21(26)24-11-7-13-27-18(16-24)15-23-9-4-2-5-10-23/h3,6,8,12,18H,2,4-5,7,9-11,13-16H2,1H3/t18-/m1/s1. The Hall–Kier alpha value is -1.92. The number of carbonyl (C=O) groups is 1. The van der Waals surface area contributed by atoms with Gasteiger partial charge in [-0.05, 0) is 51.4 Å². The van der Waals surface area contributed by atoms with Gasteiger partial charge in [0.25, 0.3) is 0 Å². The highest BCUT2D eigenvalue weighted by Gasteiger charge is 2.26. The van der Waals surface area contributed by atoms with Crippen molar-refractivity contribution in [2.24, 2.45) is 0 Å². The van der Waals surface area contributed by atoms with E-state index >= 15 is 0 Å². The molecule has 0 N–H and O–H groups in total. The van der Waals surface area contributed by atoms with Crippen molar-refractivity contribution in [1.82, 2.24) is 19.2 Å². The molecule has 1 amide bonds. The second kappa shape index (κ2) is 8.40. The number of amides is 1. The summed E-state index contributed by atoms with van der Waals surface area (Å²) in [5.41, 5.74) is 2.83. The van der Waals surface area contributed by atoms with Gasteiger partial charge < -0.3 is 18.9 Å². The number of aryl methyl sites for hydroxylation is 1. The van der Waals surface area contributed by atoms with Gasteiger partial charge in [-0.3, -0.25) is 4.79 Å². The van der Waals surface area contributed by atoms with E-state index in [0.29, 0.717) is 13.0 Å². The van der Waals surface area contributed by atoms with Crippen LogP contribution in [-0.4, -0.2) is 70.5 Å². The molecule has 0 spiro atoms. The van der Waals surface area contributed by atoms with E-state index in [1.165, 1.54) is 19.3 Å². The number of pyridine rings is 1. The number of ether oxygens (including phenoxy) is 1. The molecule has 6 nitrogen and oxygen atoms in total. The van der Waals surface area contributed by atoms with E-state index in [4.69, 9.17) is 4.74 Å². The molecule has 0 aliphatic carbocycles. The van der Waals surface area contributed by atoms with E-state index in [0.717, 1.165) is 56.2 Å². The summed E-state index contributed by atoms with van der Waals surface area (Å²) in [7, 11) is 0. The van der Waals surface area contributed by atoms with Gasteiger partial charge in [0.1, 0.15) is 5.65 Å². The molecule has 0 aromatic carbocycles. The molecule has 2 fully saturated rings. The lowest BCUT2D eigenvalue weighted by Gasteiger charge is -2.31. The normalized spacial score (nSPS) is 22.1. The fourth-order valence-electron chi connectivity index (χ4n) is 4.29. The smallest absolute Gasteiger partial charge is 0.228 e. The molecular weight excluding hydrogens is 340 g/mol. The number of fused-ring (bicyclic) bond motifs is 1. The van der Waals surface area contributed by atoms with Crippen molar-refractivity contribution in [3.8, 4) is 0 Å². The number of aromatic nitrogens is 2. The van der Waals surface area contributed by atoms with Crippen LogP contribution in [0, 0.1) is 6.92 Å². The average molecular weight is 370 g/mol. The summed E-state index contributed by atoms with van der Waals surface area (Å²) >= 11 is 0. The second-order valence-corrected chi connectivity index (χ2v) is 7.80. The maximum absolute atomic E-state index is 13.1. The topological polar surface area (TPSA) is 50.1 Å². The molecule has 146 valence electrons. The van der Waals surface area contributed by atoms with Gasteiger partial charge in [-0.25, -0.2) is 4.98 Å². The maximum atomic E-state index is 13.1. The van der Waals surface area contributed by atoms with Crippen LogP contribution < -0.4 is 0 Å². The van der Waals surface area contributed by atoms with Crippen molar-refractivity contribution in [1.29, 1.82) is 0 Å². The lowest BCUT2D eigenvalue weighted by molar-refractivity contribution is -0.131. The number of hydrogen-bond donors (Lipinski definition) is 0. The second-order valence-electron chi connectivity index (χ2n) is 7.80. The van der Waals surface area contributed by atoms with E-state index in [2.05, 4.69) is 9.88 Å². The molecule has 2 aromatic heterocycles. The van der Waals surface area contributed by atoms with Crippen LogP contribution in [0.1, 0.15) is 37.1 Å². The summed E-state index contributed by atoms with van der Waals surface area (Å²) in [6.07, 6.45) is 7.32. The van der Waals surface area contributed by atoms with E-state index in [9.17, 15) is 4.79 Å². The molecule has 4 heterocycles. The molecule has 2 aliphatic rings. The largest absolute Gasteiger partial charge is 0.375 e. The monoisotopic (exact) mass is 370 g/mol. The van der Waals surface area contributed by atoms with Crippen molar-refractivity contribution < 1.29 is 9.53 Å². The predicted octanol–water partition coefficient (Wildman–Crippen LogP) is 2.29. The van der Waals surface area contributed by atoms with Gasteiger partial charge in [0.2, 0.25) is 5.91 Å². The third-order valence-electron chi connectivity index (χ3n) is 5.76. The number of likely N-dealkylation sites (tertiary alicyclic amines) is 1. The predicted molar refractivity (Wildman–Crippen MR) is 105 cm³/mol. The van der Waals surface area contributed by atoms with Crippen molar-refractivity contribution in [2.45, 2.75) is 45.1 Å². The first-order chi connectivity index (χ1) is 13.2. The van der Waals surface area contributed by atoms with E-state index in [1.54, 1.807) is 0 Å². The van der Waals surface area contributed by atoms with Crippen LogP contribution in [0.25, 0.3) is 5.65 Å². The van der Waals surface area contributed by atoms with Crippen molar-refractivity contribution in [3.05, 3.63) is 35.8 Å². The third kappa shape index (κ3) is 4.33. The Morgan fingerprint density at radius 2 is 2.04 bits per heavy atom. The van der Waals surface area contributed by atoms with E-state index in [-0.39, 0.29) is 12.0 Å². The van der Waals surface area contributed by atoms with Crippen molar-refractivity contribution >= 4 is 11.6 Å². The Morgan fingerprint density at radius 3 is 2.89 bits per heavy atom. The Bertz CT molecular complexity index is 782. The highest BCUT2D eigenvalue weighted by molar-refractivity contribution is 5.79. The molecule has 0 bridgehead atoms. The van der Waals surface area contributed by atoms with Gasteiger partial charge in [-0.2, -0.15) is 0 Å². The molecule has 2 saturated heterocycles. The fraction of sp³-hybridized carbons (Fsp3) is 0.619. The minimum Gasteiger partial charge on any atom is -0.375 e. The third-order valence-corrected chi connectivity index (χ3v) is 5.76. The Balaban J connectivity index is 1.42. The first-order valence-electron chi connectivity index (χ1n) is 10.2.